The number of fused-ring (bicyclic) bond motifs is 1. The molecular weight excluding hydrogens is 360 g/mol. The number of anilines is 1. The van der Waals surface area contributed by atoms with Crippen molar-refractivity contribution >= 4 is 23.0 Å². The van der Waals surface area contributed by atoms with Crippen LogP contribution >= 0.6 is 0 Å². The number of benzene rings is 3. The number of amides is 1. The minimum atomic E-state index is -0.558. The summed E-state index contributed by atoms with van der Waals surface area (Å²) in [7, 11) is 0. The van der Waals surface area contributed by atoms with Crippen LogP contribution in [-0.4, -0.2) is 11.6 Å². The molecule has 3 aromatic carbocycles. The monoisotopic (exact) mass is 373 g/mol. The molecule has 0 fully saturated rings. The molecule has 0 saturated carbocycles. The molecule has 1 aliphatic rings. The van der Waals surface area contributed by atoms with Gasteiger partial charge in [0.1, 0.15) is 11.6 Å². The molecule has 3 aromatic rings. The van der Waals surface area contributed by atoms with Crippen LogP contribution in [0.15, 0.2) is 65.7 Å². The van der Waals surface area contributed by atoms with Gasteiger partial charge in [0.05, 0.1) is 35.1 Å². The van der Waals surface area contributed by atoms with Gasteiger partial charge in [0, 0.05) is 11.1 Å². The fourth-order valence-electron chi connectivity index (χ4n) is 3.10. The highest BCUT2D eigenvalue weighted by Crippen LogP contribution is 2.34. The predicted octanol–water partition coefficient (Wildman–Crippen LogP) is 4.97. The van der Waals surface area contributed by atoms with Gasteiger partial charge in [0.2, 0.25) is 5.91 Å². The first-order valence-electron chi connectivity index (χ1n) is 8.51. The zero-order chi connectivity index (χ0) is 19.7. The van der Waals surface area contributed by atoms with Crippen LogP contribution in [0.4, 0.5) is 20.2 Å². The number of carbonyl (C=O) groups excluding carboxylic acids is 1. The highest BCUT2D eigenvalue weighted by molar-refractivity contribution is 6.17. The molecule has 0 radical (unpaired) electrons. The molecule has 4 nitrogen and oxygen atoms in total. The predicted molar refractivity (Wildman–Crippen MR) is 102 cm³/mol. The Morgan fingerprint density at radius 2 is 1.75 bits per heavy atom. The Hall–Kier alpha value is -3.85. The molecule has 0 aromatic heterocycles. The van der Waals surface area contributed by atoms with Crippen molar-refractivity contribution < 1.29 is 13.6 Å². The van der Waals surface area contributed by atoms with Crippen molar-refractivity contribution in [3.63, 3.8) is 0 Å². The highest BCUT2D eigenvalue weighted by atomic mass is 19.1. The van der Waals surface area contributed by atoms with Crippen molar-refractivity contribution in [1.29, 1.82) is 5.26 Å². The molecule has 0 saturated heterocycles. The van der Waals surface area contributed by atoms with Gasteiger partial charge in [-0.3, -0.25) is 4.79 Å². The van der Waals surface area contributed by atoms with Crippen molar-refractivity contribution in [2.45, 2.75) is 6.42 Å². The SMILES string of the molecule is N#Cc1ccc(F)c(C2=Nc3ccc(-c4ccccc4F)cc3NC(=O)C2)c1. The second kappa shape index (κ2) is 7.05. The van der Waals surface area contributed by atoms with Crippen LogP contribution in [0.5, 0.6) is 0 Å². The number of aliphatic imine (C=N–C) groups is 1. The van der Waals surface area contributed by atoms with Crippen molar-refractivity contribution in [2.24, 2.45) is 4.99 Å². The van der Waals surface area contributed by atoms with Gasteiger partial charge in [0.15, 0.2) is 0 Å². The van der Waals surface area contributed by atoms with Crippen molar-refractivity contribution in [3.8, 4) is 17.2 Å². The van der Waals surface area contributed by atoms with Crippen LogP contribution in [0.1, 0.15) is 17.5 Å². The van der Waals surface area contributed by atoms with Crippen LogP contribution < -0.4 is 5.32 Å². The summed E-state index contributed by atoms with van der Waals surface area (Å²) in [4.78, 5) is 16.8. The maximum absolute atomic E-state index is 14.3. The molecule has 0 aliphatic carbocycles. The summed E-state index contributed by atoms with van der Waals surface area (Å²) in [6.45, 7) is 0. The zero-order valence-corrected chi connectivity index (χ0v) is 14.5. The summed E-state index contributed by atoms with van der Waals surface area (Å²) >= 11 is 0. The molecule has 1 aliphatic heterocycles. The Labute approximate surface area is 159 Å². The lowest BCUT2D eigenvalue weighted by Gasteiger charge is -2.09. The number of hydrogen-bond donors (Lipinski definition) is 1. The molecule has 0 atom stereocenters. The third kappa shape index (κ3) is 3.26. The number of nitriles is 1. The quantitative estimate of drug-likeness (QED) is 0.689. The van der Waals surface area contributed by atoms with Crippen molar-refractivity contribution in [3.05, 3.63) is 83.4 Å². The molecule has 6 heteroatoms. The van der Waals surface area contributed by atoms with Gasteiger partial charge < -0.3 is 5.32 Å². The number of halogens is 2. The summed E-state index contributed by atoms with van der Waals surface area (Å²) in [6, 6.07) is 17.2. The average molecular weight is 373 g/mol. The van der Waals surface area contributed by atoms with E-state index in [-0.39, 0.29) is 35.0 Å². The van der Waals surface area contributed by atoms with Gasteiger partial charge in [0.25, 0.3) is 0 Å². The first-order chi connectivity index (χ1) is 13.5. The van der Waals surface area contributed by atoms with E-state index >= 15 is 0 Å². The fourth-order valence-corrected chi connectivity index (χ4v) is 3.10. The molecular formula is C22H13F2N3O. The highest BCUT2D eigenvalue weighted by Gasteiger charge is 2.20. The van der Waals surface area contributed by atoms with E-state index in [0.717, 1.165) is 0 Å². The average Bonchev–Trinajstić information content (AvgIpc) is 2.86. The Balaban J connectivity index is 1.82. The van der Waals surface area contributed by atoms with E-state index in [2.05, 4.69) is 10.3 Å². The van der Waals surface area contributed by atoms with Crippen LogP contribution in [0.2, 0.25) is 0 Å². The molecule has 28 heavy (non-hydrogen) atoms. The summed E-state index contributed by atoms with van der Waals surface area (Å²) in [5.74, 6) is -1.30. The topological polar surface area (TPSA) is 65.2 Å². The summed E-state index contributed by atoms with van der Waals surface area (Å²) in [5.41, 5.74) is 2.46. The van der Waals surface area contributed by atoms with Crippen LogP contribution in [-0.2, 0) is 4.79 Å². The van der Waals surface area contributed by atoms with Crippen LogP contribution in [0.3, 0.4) is 0 Å². The van der Waals surface area contributed by atoms with E-state index in [4.69, 9.17) is 5.26 Å². The third-order valence-corrected chi connectivity index (χ3v) is 4.45. The lowest BCUT2D eigenvalue weighted by Crippen LogP contribution is -2.16. The lowest BCUT2D eigenvalue weighted by molar-refractivity contribution is -0.115. The van der Waals surface area contributed by atoms with Crippen LogP contribution in [0.25, 0.3) is 11.1 Å². The molecule has 1 amide bonds. The number of nitrogens with one attached hydrogen (secondary N) is 1. The van der Waals surface area contributed by atoms with Gasteiger partial charge in [-0.25, -0.2) is 13.8 Å². The number of rotatable bonds is 2. The van der Waals surface area contributed by atoms with Gasteiger partial charge >= 0.3 is 0 Å². The second-order valence-electron chi connectivity index (χ2n) is 6.30. The minimum absolute atomic E-state index is 0.111. The summed E-state index contributed by atoms with van der Waals surface area (Å²) in [6.07, 6.45) is -0.143. The smallest absolute Gasteiger partial charge is 0.230 e. The Morgan fingerprint density at radius 1 is 0.964 bits per heavy atom. The maximum atomic E-state index is 14.3. The zero-order valence-electron chi connectivity index (χ0n) is 14.5. The van der Waals surface area contributed by atoms with Crippen molar-refractivity contribution in [2.75, 3.05) is 5.32 Å². The van der Waals surface area contributed by atoms with E-state index in [1.54, 1.807) is 36.4 Å². The molecule has 136 valence electrons. The number of nitrogens with zero attached hydrogens (tertiary/aromatic N) is 2. The second-order valence-corrected chi connectivity index (χ2v) is 6.30. The molecule has 1 heterocycles. The summed E-state index contributed by atoms with van der Waals surface area (Å²) in [5, 5.41) is 11.8. The maximum Gasteiger partial charge on any atom is 0.230 e. The summed E-state index contributed by atoms with van der Waals surface area (Å²) < 4.78 is 28.4. The molecule has 0 bridgehead atoms. The van der Waals surface area contributed by atoms with E-state index in [1.807, 2.05) is 6.07 Å². The van der Waals surface area contributed by atoms with Gasteiger partial charge in [-0.1, -0.05) is 24.3 Å². The van der Waals surface area contributed by atoms with E-state index in [0.29, 0.717) is 22.5 Å². The first-order valence-corrected chi connectivity index (χ1v) is 8.51. The molecule has 0 spiro atoms. The van der Waals surface area contributed by atoms with Gasteiger partial charge in [-0.15, -0.1) is 0 Å². The van der Waals surface area contributed by atoms with E-state index < -0.39 is 5.82 Å². The first kappa shape index (κ1) is 17.6. The van der Waals surface area contributed by atoms with Gasteiger partial charge in [-0.05, 0) is 42.0 Å². The van der Waals surface area contributed by atoms with E-state index in [1.165, 1.54) is 24.3 Å². The minimum Gasteiger partial charge on any atom is -0.324 e. The van der Waals surface area contributed by atoms with Crippen LogP contribution in [0, 0.1) is 23.0 Å². The third-order valence-electron chi connectivity index (χ3n) is 4.45. The molecule has 4 rings (SSSR count). The Kier molecular flexibility index (Phi) is 4.42. The number of hydrogen-bond acceptors (Lipinski definition) is 3. The molecule has 1 N–H and O–H groups in total. The van der Waals surface area contributed by atoms with E-state index in [9.17, 15) is 13.6 Å². The molecule has 0 unspecified atom stereocenters. The standard InChI is InChI=1S/C22H13F2N3O/c23-17-4-2-1-3-15(17)14-6-8-19-21(10-14)27-22(28)11-20(26-19)16-9-13(12-25)5-7-18(16)24/h1-10H,11H2,(H,27,28). The normalized spacial score (nSPS) is 13.0. The van der Waals surface area contributed by atoms with Gasteiger partial charge in [-0.2, -0.15) is 5.26 Å². The Bertz CT molecular complexity index is 1180. The number of carbonyl (C=O) groups is 1. The fraction of sp³-hybridized carbons (Fsp3) is 0.0455. The Morgan fingerprint density at radius 3 is 2.54 bits per heavy atom. The largest absolute Gasteiger partial charge is 0.324 e. The van der Waals surface area contributed by atoms with Crippen molar-refractivity contribution in [1.82, 2.24) is 0 Å². The lowest BCUT2D eigenvalue weighted by atomic mass is 10.0.